The van der Waals surface area contributed by atoms with Crippen molar-refractivity contribution in [3.8, 4) is 0 Å². The van der Waals surface area contributed by atoms with Crippen LogP contribution in [0.1, 0.15) is 197 Å². The van der Waals surface area contributed by atoms with Crippen LogP contribution in [0.15, 0.2) is 56.4 Å². The SMILES string of the molecule is C=C=CC(CC)C(C)C=C.C=CCCCC(C=C)CCC.CC.CCC(C)(CCCNC(=S)NCCCC(C)(C)C1CCCCC1)C1CCCCC1. The van der Waals surface area contributed by atoms with E-state index in [1.54, 1.807) is 0 Å². The first kappa shape index (κ1) is 52.5. The molecule has 0 aromatic heterocycles. The summed E-state index contributed by atoms with van der Waals surface area (Å²) in [5.74, 6) is 3.71. The first-order valence-corrected chi connectivity index (χ1v) is 22.6. The molecule has 0 saturated heterocycles. The van der Waals surface area contributed by atoms with Crippen LogP contribution in [0.4, 0.5) is 0 Å². The highest BCUT2D eigenvalue weighted by molar-refractivity contribution is 7.80. The molecule has 4 atom stereocenters. The van der Waals surface area contributed by atoms with E-state index in [-0.39, 0.29) is 0 Å². The van der Waals surface area contributed by atoms with Crippen LogP contribution in [-0.4, -0.2) is 18.2 Å². The van der Waals surface area contributed by atoms with Gasteiger partial charge >= 0.3 is 0 Å². The monoisotopic (exact) mass is 741 g/mol. The number of hydrogen-bond acceptors (Lipinski definition) is 1. The molecule has 2 fully saturated rings. The second kappa shape index (κ2) is 34.0. The minimum atomic E-state index is 0.487. The predicted octanol–water partition coefficient (Wildman–Crippen LogP) is 15.8. The fourth-order valence-corrected chi connectivity index (χ4v) is 8.51. The fourth-order valence-electron chi connectivity index (χ4n) is 8.30. The minimum Gasteiger partial charge on any atom is -0.363 e. The second-order valence-corrected chi connectivity index (χ2v) is 17.0. The van der Waals surface area contributed by atoms with Gasteiger partial charge in [-0.25, -0.2) is 0 Å². The molecule has 52 heavy (non-hydrogen) atoms. The number of hydrogen-bond donors (Lipinski definition) is 2. The van der Waals surface area contributed by atoms with Gasteiger partial charge in [-0.2, -0.15) is 0 Å². The third-order valence-electron chi connectivity index (χ3n) is 12.4. The predicted molar refractivity (Wildman–Crippen MR) is 243 cm³/mol. The Bertz CT molecular complexity index is 918. The van der Waals surface area contributed by atoms with Crippen molar-refractivity contribution in [1.29, 1.82) is 0 Å². The summed E-state index contributed by atoms with van der Waals surface area (Å²) in [6, 6.07) is 0. The van der Waals surface area contributed by atoms with Crippen molar-refractivity contribution in [2.24, 2.45) is 40.4 Å². The number of rotatable bonds is 22. The Morgan fingerprint density at radius 3 is 1.77 bits per heavy atom. The van der Waals surface area contributed by atoms with Crippen molar-refractivity contribution >= 4 is 17.3 Å². The highest BCUT2D eigenvalue weighted by Gasteiger charge is 2.33. The Labute approximate surface area is 333 Å². The molecule has 0 radical (unpaired) electrons. The van der Waals surface area contributed by atoms with Crippen molar-refractivity contribution < 1.29 is 0 Å². The summed E-state index contributed by atoms with van der Waals surface area (Å²) in [5.41, 5.74) is 3.83. The van der Waals surface area contributed by atoms with Gasteiger partial charge in [-0.15, -0.1) is 25.5 Å². The third-order valence-corrected chi connectivity index (χ3v) is 12.7. The van der Waals surface area contributed by atoms with Crippen LogP contribution in [0.2, 0.25) is 0 Å². The first-order valence-electron chi connectivity index (χ1n) is 22.2. The van der Waals surface area contributed by atoms with E-state index in [0.29, 0.717) is 22.7 Å². The average molecular weight is 741 g/mol. The zero-order valence-corrected chi connectivity index (χ0v) is 37.5. The smallest absolute Gasteiger partial charge is 0.166 e. The molecule has 2 aliphatic rings. The lowest BCUT2D eigenvalue weighted by atomic mass is 9.66. The molecule has 2 saturated carbocycles. The fraction of sp³-hybridized carbons (Fsp3) is 0.796. The van der Waals surface area contributed by atoms with E-state index in [9.17, 15) is 0 Å². The van der Waals surface area contributed by atoms with E-state index < -0.39 is 0 Å². The Kier molecular flexibility index (Phi) is 34.3. The molecule has 0 spiro atoms. The van der Waals surface area contributed by atoms with Crippen LogP contribution in [0, 0.1) is 40.4 Å². The normalized spacial score (nSPS) is 17.6. The summed E-state index contributed by atoms with van der Waals surface area (Å²) in [5, 5.41) is 7.77. The molecule has 304 valence electrons. The van der Waals surface area contributed by atoms with Gasteiger partial charge in [-0.3, -0.25) is 0 Å². The Balaban J connectivity index is 0. The maximum absolute atomic E-state index is 5.52. The molecule has 0 aromatic rings. The lowest BCUT2D eigenvalue weighted by Gasteiger charge is -2.39. The highest BCUT2D eigenvalue weighted by Crippen LogP contribution is 2.44. The van der Waals surface area contributed by atoms with Gasteiger partial charge in [0.25, 0.3) is 0 Å². The number of nitrogens with one attached hydrogen (secondary N) is 2. The minimum absolute atomic E-state index is 0.487. The van der Waals surface area contributed by atoms with Crippen molar-refractivity contribution in [1.82, 2.24) is 10.6 Å². The lowest BCUT2D eigenvalue weighted by molar-refractivity contribution is 0.117. The molecule has 2 N–H and O–H groups in total. The number of thiocarbonyl (C=S) groups is 1. The quantitative estimate of drug-likeness (QED) is 0.0500. The molecule has 2 rings (SSSR count). The van der Waals surface area contributed by atoms with Gasteiger partial charge in [0.2, 0.25) is 0 Å². The summed E-state index contributed by atoms with van der Waals surface area (Å²) in [6.45, 7) is 37.3. The molecule has 0 aromatic carbocycles. The first-order chi connectivity index (χ1) is 25.0. The summed E-state index contributed by atoms with van der Waals surface area (Å²) in [7, 11) is 0. The van der Waals surface area contributed by atoms with Crippen LogP contribution in [0.3, 0.4) is 0 Å². The third kappa shape index (κ3) is 24.7. The summed E-state index contributed by atoms with van der Waals surface area (Å²) in [6.07, 6.45) is 36.4. The highest BCUT2D eigenvalue weighted by atomic mass is 32.1. The topological polar surface area (TPSA) is 24.1 Å². The molecular formula is C49H92N2S. The molecule has 0 bridgehead atoms. The van der Waals surface area contributed by atoms with Crippen LogP contribution in [-0.2, 0) is 0 Å². The van der Waals surface area contributed by atoms with E-state index in [1.165, 1.54) is 122 Å². The maximum atomic E-state index is 5.52. The van der Waals surface area contributed by atoms with Crippen molar-refractivity contribution in [2.75, 3.05) is 13.1 Å². The largest absolute Gasteiger partial charge is 0.363 e. The van der Waals surface area contributed by atoms with Gasteiger partial charge in [0.05, 0.1) is 0 Å². The Morgan fingerprint density at radius 1 is 0.788 bits per heavy atom. The van der Waals surface area contributed by atoms with E-state index in [1.807, 2.05) is 32.1 Å². The molecule has 2 aliphatic carbocycles. The van der Waals surface area contributed by atoms with E-state index >= 15 is 0 Å². The second-order valence-electron chi connectivity index (χ2n) is 16.6. The summed E-state index contributed by atoms with van der Waals surface area (Å²) >= 11 is 5.52. The molecule has 0 amide bonds. The van der Waals surface area contributed by atoms with Gasteiger partial charge in [-0.05, 0) is 142 Å². The Morgan fingerprint density at radius 2 is 1.33 bits per heavy atom. The summed E-state index contributed by atoms with van der Waals surface area (Å²) < 4.78 is 0. The molecule has 3 heteroatoms. The lowest BCUT2D eigenvalue weighted by Crippen LogP contribution is -2.37. The zero-order valence-electron chi connectivity index (χ0n) is 36.7. The van der Waals surface area contributed by atoms with Crippen molar-refractivity contribution in [3.63, 3.8) is 0 Å². The van der Waals surface area contributed by atoms with Crippen molar-refractivity contribution in [2.45, 2.75) is 197 Å². The maximum Gasteiger partial charge on any atom is 0.166 e. The van der Waals surface area contributed by atoms with Crippen LogP contribution in [0.25, 0.3) is 0 Å². The molecule has 0 aliphatic heterocycles. The van der Waals surface area contributed by atoms with Gasteiger partial charge in [0.15, 0.2) is 5.11 Å². The van der Waals surface area contributed by atoms with Crippen molar-refractivity contribution in [3.05, 3.63) is 56.4 Å². The Hall–Kier alpha value is -1.57. The molecule has 4 unspecified atom stereocenters. The molecule has 2 nitrogen and oxygen atoms in total. The average Bonchev–Trinajstić information content (AvgIpc) is 3.18. The molecule has 0 heterocycles. The van der Waals surface area contributed by atoms with Crippen LogP contribution < -0.4 is 10.6 Å². The number of allylic oxidation sites excluding steroid dienone is 4. The zero-order chi connectivity index (χ0) is 39.7. The van der Waals surface area contributed by atoms with Crippen LogP contribution in [0.5, 0.6) is 0 Å². The van der Waals surface area contributed by atoms with Gasteiger partial charge in [0, 0.05) is 13.1 Å². The standard InChI is InChI=1S/C26H50N2S.C11H20.C10H16.C2H6/c1-5-26(4,23-16-10-7-11-17-23)19-13-21-28-24(29)27-20-12-18-25(2,3)22-14-8-6-9-15-22;1-4-7-8-10-11(6-3)9-5-2;1-5-8-10(7-3)9(4)6-2;1-2/h22-23H,5-21H2,1-4H3,(H2,27,28,29);4,6,11H,1,3,5,7-10H2,2H3;6,8-10H,1-2,7H2,3-4H3;1-2H3. The van der Waals surface area contributed by atoms with Crippen LogP contribution >= 0.6 is 12.2 Å². The van der Waals surface area contributed by atoms with E-state index in [0.717, 1.165) is 48.8 Å². The molecular weight excluding hydrogens is 649 g/mol. The summed E-state index contributed by atoms with van der Waals surface area (Å²) in [4.78, 5) is 0. The van der Waals surface area contributed by atoms with Gasteiger partial charge in [0.1, 0.15) is 0 Å². The van der Waals surface area contributed by atoms with Gasteiger partial charge < -0.3 is 10.6 Å². The van der Waals surface area contributed by atoms with Gasteiger partial charge in [-0.1, -0.05) is 138 Å². The van der Waals surface area contributed by atoms with E-state index in [2.05, 4.69) is 97.2 Å². The number of unbranched alkanes of at least 4 members (excludes halogenated alkanes) is 1. The van der Waals surface area contributed by atoms with E-state index in [4.69, 9.17) is 12.2 Å².